The van der Waals surface area contributed by atoms with Crippen molar-refractivity contribution in [3.05, 3.63) is 112 Å². The summed E-state index contributed by atoms with van der Waals surface area (Å²) in [6, 6.07) is 24.7. The zero-order chi connectivity index (χ0) is 23.5. The lowest BCUT2D eigenvalue weighted by Gasteiger charge is -2.28. The summed E-state index contributed by atoms with van der Waals surface area (Å²) in [5.41, 5.74) is 4.02. The third-order valence-electron chi connectivity index (χ3n) is 5.59. The van der Waals surface area contributed by atoms with Crippen molar-refractivity contribution in [3.8, 4) is 5.75 Å². The highest BCUT2D eigenvalue weighted by molar-refractivity contribution is 9.10. The third-order valence-corrected chi connectivity index (χ3v) is 6.11. The molecule has 3 aromatic carbocycles. The van der Waals surface area contributed by atoms with Gasteiger partial charge in [-0.1, -0.05) is 58.4 Å². The molecular formula is C26H22BrN5O2. The standard InChI is InChI=1S/C26H22BrN5O2/c1-17-23(25(33)31-21-5-3-2-4-6-21)24(32-26(30-17)28-16-29-32)19-9-13-22(14-10-19)34-15-18-7-11-20(27)12-8-18/h2-14,16,24H,15H2,1H3,(H,31,33)(H,28,29,30)/t24-/m0/s1. The van der Waals surface area contributed by atoms with Crippen molar-refractivity contribution < 1.29 is 9.53 Å². The van der Waals surface area contributed by atoms with E-state index in [-0.39, 0.29) is 5.91 Å². The van der Waals surface area contributed by atoms with Crippen LogP contribution in [0.25, 0.3) is 0 Å². The number of carbonyl (C=O) groups excluding carboxylic acids is 1. The highest BCUT2D eigenvalue weighted by Gasteiger charge is 2.33. The second kappa shape index (κ2) is 9.52. The number of nitrogens with zero attached hydrogens (tertiary/aromatic N) is 3. The number of hydrogen-bond donors (Lipinski definition) is 2. The summed E-state index contributed by atoms with van der Waals surface area (Å²) in [6.07, 6.45) is 1.48. The molecular weight excluding hydrogens is 494 g/mol. The number of aromatic nitrogens is 3. The fraction of sp³-hybridized carbons (Fsp3) is 0.115. The molecule has 170 valence electrons. The Hall–Kier alpha value is -3.91. The Labute approximate surface area is 205 Å². The lowest BCUT2D eigenvalue weighted by atomic mass is 9.95. The summed E-state index contributed by atoms with van der Waals surface area (Å²) in [5.74, 6) is 1.14. The zero-order valence-electron chi connectivity index (χ0n) is 18.4. The second-order valence-electron chi connectivity index (χ2n) is 7.90. The molecule has 8 heteroatoms. The van der Waals surface area contributed by atoms with Gasteiger partial charge in [0.15, 0.2) is 0 Å². The SMILES string of the molecule is CC1=C(C(=O)Nc2ccccc2)[C@H](c2ccc(OCc3ccc(Br)cc3)cc2)n2ncnc2N1. The van der Waals surface area contributed by atoms with Crippen LogP contribution in [0.3, 0.4) is 0 Å². The number of para-hydroxylation sites is 1. The second-order valence-corrected chi connectivity index (χ2v) is 8.81. The molecule has 1 aromatic heterocycles. The Balaban J connectivity index is 1.40. The number of ether oxygens (including phenoxy) is 1. The monoisotopic (exact) mass is 515 g/mol. The number of halogens is 1. The van der Waals surface area contributed by atoms with Gasteiger partial charge < -0.3 is 15.4 Å². The minimum Gasteiger partial charge on any atom is -0.489 e. The van der Waals surface area contributed by atoms with Gasteiger partial charge in [0.2, 0.25) is 5.95 Å². The first-order chi connectivity index (χ1) is 16.6. The topological polar surface area (TPSA) is 81.1 Å². The Morgan fingerprint density at radius 1 is 1.06 bits per heavy atom. The highest BCUT2D eigenvalue weighted by atomic mass is 79.9. The van der Waals surface area contributed by atoms with Crippen molar-refractivity contribution in [1.29, 1.82) is 0 Å². The molecule has 1 aliphatic heterocycles. The molecule has 0 saturated heterocycles. The maximum atomic E-state index is 13.3. The number of allylic oxidation sites excluding steroid dienone is 1. The molecule has 4 aromatic rings. The van der Waals surface area contributed by atoms with E-state index >= 15 is 0 Å². The number of amides is 1. The molecule has 2 heterocycles. The van der Waals surface area contributed by atoms with Crippen LogP contribution in [0.15, 0.2) is 101 Å². The summed E-state index contributed by atoms with van der Waals surface area (Å²) < 4.78 is 8.71. The van der Waals surface area contributed by atoms with E-state index in [1.54, 1.807) is 4.68 Å². The van der Waals surface area contributed by atoms with E-state index in [0.717, 1.165) is 32.7 Å². The molecule has 0 unspecified atom stereocenters. The molecule has 7 nitrogen and oxygen atoms in total. The van der Waals surface area contributed by atoms with Crippen LogP contribution in [-0.4, -0.2) is 20.7 Å². The molecule has 5 rings (SSSR count). The van der Waals surface area contributed by atoms with Crippen molar-refractivity contribution >= 4 is 33.5 Å². The Bertz CT molecular complexity index is 1330. The normalized spacial score (nSPS) is 14.8. The Kier molecular flexibility index (Phi) is 6.14. The molecule has 2 N–H and O–H groups in total. The van der Waals surface area contributed by atoms with Crippen molar-refractivity contribution in [1.82, 2.24) is 14.8 Å². The van der Waals surface area contributed by atoms with Crippen molar-refractivity contribution in [3.63, 3.8) is 0 Å². The minimum atomic E-state index is -0.428. The van der Waals surface area contributed by atoms with Gasteiger partial charge >= 0.3 is 0 Å². The average Bonchev–Trinajstić information content (AvgIpc) is 3.32. The molecule has 0 bridgehead atoms. The number of anilines is 2. The van der Waals surface area contributed by atoms with E-state index in [4.69, 9.17) is 4.74 Å². The molecule has 0 saturated carbocycles. The van der Waals surface area contributed by atoms with Crippen LogP contribution < -0.4 is 15.4 Å². The van der Waals surface area contributed by atoms with Gasteiger partial charge in [0.05, 0.1) is 5.57 Å². The molecule has 0 fully saturated rings. The minimum absolute atomic E-state index is 0.196. The van der Waals surface area contributed by atoms with Gasteiger partial charge in [-0.25, -0.2) is 4.68 Å². The van der Waals surface area contributed by atoms with Crippen LogP contribution in [-0.2, 0) is 11.4 Å². The predicted octanol–water partition coefficient (Wildman–Crippen LogP) is 5.55. The number of rotatable bonds is 6. The van der Waals surface area contributed by atoms with Crippen molar-refractivity contribution in [2.75, 3.05) is 10.6 Å². The average molecular weight is 516 g/mol. The molecule has 1 amide bonds. The molecule has 34 heavy (non-hydrogen) atoms. The van der Waals surface area contributed by atoms with Crippen LogP contribution in [0.2, 0.25) is 0 Å². The van der Waals surface area contributed by atoms with E-state index in [1.807, 2.05) is 85.8 Å². The number of hydrogen-bond acceptors (Lipinski definition) is 5. The van der Waals surface area contributed by atoms with Crippen LogP contribution >= 0.6 is 15.9 Å². The quantitative estimate of drug-likeness (QED) is 0.352. The Morgan fingerprint density at radius 3 is 2.53 bits per heavy atom. The predicted molar refractivity (Wildman–Crippen MR) is 134 cm³/mol. The smallest absolute Gasteiger partial charge is 0.255 e. The fourth-order valence-corrected chi connectivity index (χ4v) is 4.17. The van der Waals surface area contributed by atoms with Crippen molar-refractivity contribution in [2.45, 2.75) is 19.6 Å². The summed E-state index contributed by atoms with van der Waals surface area (Å²) >= 11 is 3.44. The lowest BCUT2D eigenvalue weighted by Crippen LogP contribution is -2.31. The third kappa shape index (κ3) is 4.58. The van der Waals surface area contributed by atoms with Gasteiger partial charge in [-0.15, -0.1) is 0 Å². The summed E-state index contributed by atoms with van der Waals surface area (Å²) in [4.78, 5) is 17.6. The maximum Gasteiger partial charge on any atom is 0.255 e. The Morgan fingerprint density at radius 2 is 1.79 bits per heavy atom. The number of benzene rings is 3. The van der Waals surface area contributed by atoms with E-state index in [9.17, 15) is 4.79 Å². The van der Waals surface area contributed by atoms with Crippen molar-refractivity contribution in [2.24, 2.45) is 0 Å². The van der Waals surface area contributed by atoms with E-state index < -0.39 is 6.04 Å². The number of carbonyl (C=O) groups is 1. The van der Waals surface area contributed by atoms with Gasteiger partial charge in [0, 0.05) is 15.9 Å². The fourth-order valence-electron chi connectivity index (χ4n) is 3.91. The maximum absolute atomic E-state index is 13.3. The first-order valence-electron chi connectivity index (χ1n) is 10.8. The molecule has 1 atom stereocenters. The van der Waals surface area contributed by atoms with Crippen LogP contribution in [0.4, 0.5) is 11.6 Å². The molecule has 1 aliphatic rings. The van der Waals surface area contributed by atoms with Gasteiger partial charge in [-0.3, -0.25) is 4.79 Å². The summed E-state index contributed by atoms with van der Waals surface area (Å²) in [5, 5.41) is 10.6. The van der Waals surface area contributed by atoms with E-state index in [1.165, 1.54) is 6.33 Å². The van der Waals surface area contributed by atoms with E-state index in [0.29, 0.717) is 18.1 Å². The van der Waals surface area contributed by atoms with E-state index in [2.05, 4.69) is 36.6 Å². The number of fused-ring (bicyclic) bond motifs is 1. The van der Waals surface area contributed by atoms with Gasteiger partial charge in [0.1, 0.15) is 24.7 Å². The summed E-state index contributed by atoms with van der Waals surface area (Å²) in [7, 11) is 0. The first kappa shape index (κ1) is 21.9. The molecule has 0 spiro atoms. The number of nitrogens with one attached hydrogen (secondary N) is 2. The molecule has 0 aliphatic carbocycles. The highest BCUT2D eigenvalue weighted by Crippen LogP contribution is 2.35. The van der Waals surface area contributed by atoms with Crippen LogP contribution in [0.1, 0.15) is 24.1 Å². The van der Waals surface area contributed by atoms with Crippen LogP contribution in [0, 0.1) is 0 Å². The van der Waals surface area contributed by atoms with Gasteiger partial charge in [-0.2, -0.15) is 10.1 Å². The summed E-state index contributed by atoms with van der Waals surface area (Å²) in [6.45, 7) is 2.34. The van der Waals surface area contributed by atoms with Gasteiger partial charge in [0.25, 0.3) is 5.91 Å². The van der Waals surface area contributed by atoms with Crippen LogP contribution in [0.5, 0.6) is 5.75 Å². The first-order valence-corrected chi connectivity index (χ1v) is 11.6. The lowest BCUT2D eigenvalue weighted by molar-refractivity contribution is -0.113. The largest absolute Gasteiger partial charge is 0.489 e. The van der Waals surface area contributed by atoms with Gasteiger partial charge in [-0.05, 0) is 54.4 Å². The molecule has 0 radical (unpaired) electrons. The zero-order valence-corrected chi connectivity index (χ0v) is 20.0.